The highest BCUT2D eigenvalue weighted by Gasteiger charge is 2.30. The van der Waals surface area contributed by atoms with Gasteiger partial charge in [-0.05, 0) is 69.1 Å². The average Bonchev–Trinajstić information content (AvgIpc) is 0.996. The number of carbonyl (C=O) groups excluding carboxylic acids is 4. The SMILES string of the molecule is CCCCCC/C=C\C=C/CCCCCCCC(=O)O[C@H](COC(=O)CCCCCCCCC(C)C)COP(=O)(O)OC[C@H](O)COP(=O)(O)OC[C@@H](COC(=O)CCCCCCCCCCCCCCCCCCC(C)C)OC(=O)CCCCCCCCCCCCCCCCC(C)C. The molecule has 0 aromatic heterocycles. The number of carbonyl (C=O) groups is 4. The van der Waals surface area contributed by atoms with E-state index in [2.05, 4.69) is 72.8 Å². The van der Waals surface area contributed by atoms with Gasteiger partial charge < -0.3 is 33.8 Å². The maximum atomic E-state index is 13.1. The van der Waals surface area contributed by atoms with Gasteiger partial charge in [-0.15, -0.1) is 0 Å². The van der Waals surface area contributed by atoms with Crippen molar-refractivity contribution in [3.05, 3.63) is 24.3 Å². The fraction of sp³-hybridized carbons (Fsp3) is 0.901. The summed E-state index contributed by atoms with van der Waals surface area (Å²) in [5.74, 6) is 0.137. The molecule has 17 nitrogen and oxygen atoms in total. The highest BCUT2D eigenvalue weighted by atomic mass is 31.2. The smallest absolute Gasteiger partial charge is 0.462 e. The Morgan fingerprint density at radius 2 is 0.540 bits per heavy atom. The van der Waals surface area contributed by atoms with Gasteiger partial charge in [0.15, 0.2) is 12.2 Å². The van der Waals surface area contributed by atoms with Crippen LogP contribution in [0, 0.1) is 17.8 Å². The molecule has 0 saturated carbocycles. The molecule has 0 aliphatic carbocycles. The Balaban J connectivity index is 5.25. The lowest BCUT2D eigenvalue weighted by Gasteiger charge is -2.21. The summed E-state index contributed by atoms with van der Waals surface area (Å²) in [6.45, 7) is 11.8. The van der Waals surface area contributed by atoms with Gasteiger partial charge in [-0.2, -0.15) is 0 Å². The van der Waals surface area contributed by atoms with E-state index in [9.17, 15) is 43.2 Å². The molecule has 0 fully saturated rings. The minimum absolute atomic E-state index is 0.0839. The van der Waals surface area contributed by atoms with Gasteiger partial charge in [0.05, 0.1) is 26.4 Å². The molecule has 0 amide bonds. The van der Waals surface area contributed by atoms with Crippen LogP contribution < -0.4 is 0 Å². The summed E-state index contributed by atoms with van der Waals surface area (Å²) in [4.78, 5) is 72.9. The molecule has 0 saturated heterocycles. The van der Waals surface area contributed by atoms with Crippen molar-refractivity contribution in [2.75, 3.05) is 39.6 Å². The number of unbranched alkanes of at least 4 members (excludes halogenated alkanes) is 42. The molecule has 3 N–H and O–H groups in total. The van der Waals surface area contributed by atoms with Crippen molar-refractivity contribution in [1.82, 2.24) is 0 Å². The molecule has 0 aromatic carbocycles. The van der Waals surface area contributed by atoms with Gasteiger partial charge in [0.1, 0.15) is 19.3 Å². The summed E-state index contributed by atoms with van der Waals surface area (Å²) in [6.07, 6.45) is 62.0. The third kappa shape index (κ3) is 73.8. The first-order chi connectivity index (χ1) is 48.2. The van der Waals surface area contributed by atoms with Crippen molar-refractivity contribution in [3.63, 3.8) is 0 Å². The number of hydrogen-bond donors (Lipinski definition) is 3. The van der Waals surface area contributed by atoms with Gasteiger partial charge in [-0.3, -0.25) is 37.3 Å². The number of phosphoric acid groups is 2. The molecule has 0 rings (SSSR count). The maximum Gasteiger partial charge on any atom is 0.472 e. The molecule has 0 radical (unpaired) electrons. The molecule has 0 heterocycles. The standard InChI is InChI=1S/C81H154O17P2/c1-8-9-10-11-12-13-14-15-18-26-31-36-41-50-57-65-81(86)98-77(69-92-79(84)63-56-49-44-43-47-54-61-74(6)7)71-96-100(89,90)94-67-75(82)66-93-99(87,88)95-70-76(97-80(85)64-58-51-42-37-32-27-22-21-24-29-34-39-46-53-60-73(4)5)68-91-78(83)62-55-48-40-35-30-25-20-17-16-19-23-28-33-38-45-52-59-72(2)3/h13-15,18,72-77,82H,8-12,16-17,19-71H2,1-7H3,(H,87,88)(H,89,90)/b14-13-,18-15-/t75-,76-,77-/m1/s1. The van der Waals surface area contributed by atoms with Crippen molar-refractivity contribution in [3.8, 4) is 0 Å². The van der Waals surface area contributed by atoms with E-state index in [1.54, 1.807) is 0 Å². The Morgan fingerprint density at radius 1 is 0.310 bits per heavy atom. The lowest BCUT2D eigenvalue weighted by atomic mass is 10.0. The van der Waals surface area contributed by atoms with Crippen LogP contribution in [0.25, 0.3) is 0 Å². The Labute approximate surface area is 612 Å². The lowest BCUT2D eigenvalue weighted by molar-refractivity contribution is -0.161. The second-order valence-corrected chi connectivity index (χ2v) is 32.8. The van der Waals surface area contributed by atoms with Crippen molar-refractivity contribution < 1.29 is 80.2 Å². The molecule has 0 aliphatic rings. The minimum atomic E-state index is -4.97. The Hall–Kier alpha value is -2.46. The Kier molecular flexibility index (Phi) is 69.1. The summed E-state index contributed by atoms with van der Waals surface area (Å²) in [5, 5.41) is 10.6. The third-order valence-corrected chi connectivity index (χ3v) is 20.2. The van der Waals surface area contributed by atoms with Crippen LogP contribution in [0.15, 0.2) is 24.3 Å². The predicted octanol–water partition coefficient (Wildman–Crippen LogP) is 23.7. The molecular formula is C81H154O17P2. The topological polar surface area (TPSA) is 237 Å². The van der Waals surface area contributed by atoms with Crippen LogP contribution in [-0.4, -0.2) is 96.7 Å². The highest BCUT2D eigenvalue weighted by Crippen LogP contribution is 2.45. The van der Waals surface area contributed by atoms with E-state index in [0.29, 0.717) is 31.6 Å². The van der Waals surface area contributed by atoms with Crippen molar-refractivity contribution in [2.24, 2.45) is 17.8 Å². The van der Waals surface area contributed by atoms with Gasteiger partial charge >= 0.3 is 39.5 Å². The first kappa shape index (κ1) is 97.5. The third-order valence-electron chi connectivity index (χ3n) is 18.3. The largest absolute Gasteiger partial charge is 0.472 e. The molecule has 5 atom stereocenters. The zero-order chi connectivity index (χ0) is 73.7. The monoisotopic (exact) mass is 1460 g/mol. The maximum absolute atomic E-state index is 13.1. The number of ether oxygens (including phenoxy) is 4. The second-order valence-electron chi connectivity index (χ2n) is 29.9. The molecule has 2 unspecified atom stereocenters. The Bertz CT molecular complexity index is 2030. The fourth-order valence-electron chi connectivity index (χ4n) is 11.9. The van der Waals surface area contributed by atoms with Gasteiger partial charge in [-0.25, -0.2) is 9.13 Å². The number of hydrogen-bond acceptors (Lipinski definition) is 15. The van der Waals surface area contributed by atoms with Crippen LogP contribution >= 0.6 is 15.6 Å². The van der Waals surface area contributed by atoms with E-state index in [1.807, 2.05) is 0 Å². The lowest BCUT2D eigenvalue weighted by Crippen LogP contribution is -2.30. The fourth-order valence-corrected chi connectivity index (χ4v) is 13.5. The number of aliphatic hydroxyl groups is 1. The molecule has 0 bridgehead atoms. The predicted molar refractivity (Wildman–Crippen MR) is 409 cm³/mol. The van der Waals surface area contributed by atoms with Crippen LogP contribution in [0.1, 0.15) is 395 Å². The second kappa shape index (κ2) is 70.8. The van der Waals surface area contributed by atoms with Gasteiger partial charge in [0, 0.05) is 25.7 Å². The molecule has 0 spiro atoms. The first-order valence-electron chi connectivity index (χ1n) is 41.2. The van der Waals surface area contributed by atoms with Crippen LogP contribution in [0.5, 0.6) is 0 Å². The van der Waals surface area contributed by atoms with Gasteiger partial charge in [0.25, 0.3) is 0 Å². The number of aliphatic hydroxyl groups excluding tert-OH is 1. The zero-order valence-corrected chi connectivity index (χ0v) is 66.9. The van der Waals surface area contributed by atoms with E-state index >= 15 is 0 Å². The quantitative estimate of drug-likeness (QED) is 0.0169. The van der Waals surface area contributed by atoms with Crippen LogP contribution in [0.4, 0.5) is 0 Å². The summed E-state index contributed by atoms with van der Waals surface area (Å²) < 4.78 is 68.6. The van der Waals surface area contributed by atoms with Gasteiger partial charge in [0.2, 0.25) is 0 Å². The molecule has 0 aliphatic heterocycles. The average molecular weight is 1460 g/mol. The molecule has 19 heteroatoms. The number of esters is 4. The van der Waals surface area contributed by atoms with Crippen molar-refractivity contribution >= 4 is 39.5 Å². The summed E-state index contributed by atoms with van der Waals surface area (Å²) in [5.41, 5.74) is 0. The van der Waals surface area contributed by atoms with Gasteiger partial charge in [-0.1, -0.05) is 342 Å². The molecule has 100 heavy (non-hydrogen) atoms. The highest BCUT2D eigenvalue weighted by molar-refractivity contribution is 7.47. The van der Waals surface area contributed by atoms with Crippen LogP contribution in [-0.2, 0) is 65.4 Å². The van der Waals surface area contributed by atoms with E-state index in [-0.39, 0.29) is 25.7 Å². The van der Waals surface area contributed by atoms with E-state index in [1.165, 1.54) is 186 Å². The van der Waals surface area contributed by atoms with Crippen molar-refractivity contribution in [2.45, 2.75) is 414 Å². The molecule has 0 aromatic rings. The summed E-state index contributed by atoms with van der Waals surface area (Å²) >= 11 is 0. The first-order valence-corrected chi connectivity index (χ1v) is 44.2. The number of allylic oxidation sites excluding steroid dienone is 4. The molecular weight excluding hydrogens is 1310 g/mol. The molecule has 590 valence electrons. The minimum Gasteiger partial charge on any atom is -0.462 e. The normalized spacial score (nSPS) is 14.1. The summed E-state index contributed by atoms with van der Waals surface area (Å²) in [7, 11) is -9.93. The number of rotatable bonds is 77. The van der Waals surface area contributed by atoms with E-state index in [0.717, 1.165) is 121 Å². The van der Waals surface area contributed by atoms with E-state index in [4.69, 9.17) is 37.0 Å². The van der Waals surface area contributed by atoms with Crippen molar-refractivity contribution in [1.29, 1.82) is 0 Å². The summed E-state index contributed by atoms with van der Waals surface area (Å²) in [6, 6.07) is 0. The van der Waals surface area contributed by atoms with Crippen LogP contribution in [0.2, 0.25) is 0 Å². The van der Waals surface area contributed by atoms with E-state index < -0.39 is 97.5 Å². The Morgan fingerprint density at radius 3 is 0.810 bits per heavy atom. The van der Waals surface area contributed by atoms with Crippen LogP contribution in [0.3, 0.4) is 0 Å². The zero-order valence-electron chi connectivity index (χ0n) is 65.2. The number of phosphoric ester groups is 2.